The minimum Gasteiger partial charge on any atom is -0.338 e. The van der Waals surface area contributed by atoms with Gasteiger partial charge in [0.1, 0.15) is 0 Å². The van der Waals surface area contributed by atoms with Gasteiger partial charge in [-0.3, -0.25) is 4.79 Å². The fourth-order valence-electron chi connectivity index (χ4n) is 2.69. The molecule has 4 nitrogen and oxygen atoms in total. The van der Waals surface area contributed by atoms with Gasteiger partial charge in [-0.25, -0.2) is 0 Å². The Hall–Kier alpha value is -1.43. The van der Waals surface area contributed by atoms with Gasteiger partial charge >= 0.3 is 10.2 Å². The van der Waals surface area contributed by atoms with E-state index in [1.165, 1.54) is 0 Å². The smallest absolute Gasteiger partial charge is 0.302 e. The van der Waals surface area contributed by atoms with Crippen molar-refractivity contribution in [2.75, 3.05) is 12.3 Å². The topological polar surface area (TPSA) is 54.5 Å². The number of benzene rings is 1. The first-order valence-electron chi connectivity index (χ1n) is 6.51. The molecule has 6 heteroatoms. The summed E-state index contributed by atoms with van der Waals surface area (Å²) < 4.78 is 34.0. The highest BCUT2D eigenvalue weighted by Crippen LogP contribution is 2.24. The molecular weight excluding hydrogens is 281 g/mol. The molecule has 1 saturated heterocycles. The third-order valence-electron chi connectivity index (χ3n) is 3.72. The van der Waals surface area contributed by atoms with Crippen LogP contribution in [0, 0.1) is 19.8 Å². The van der Waals surface area contributed by atoms with Crippen molar-refractivity contribution in [3.63, 3.8) is 0 Å². The van der Waals surface area contributed by atoms with Gasteiger partial charge in [-0.05, 0) is 30.5 Å². The van der Waals surface area contributed by atoms with Gasteiger partial charge < -0.3 is 4.90 Å². The molecule has 1 amide bonds. The van der Waals surface area contributed by atoms with Gasteiger partial charge in [0.25, 0.3) is 0 Å². The monoisotopic (exact) mass is 299 g/mol. The lowest BCUT2D eigenvalue weighted by Gasteiger charge is -2.19. The summed E-state index contributed by atoms with van der Waals surface area (Å²) in [5, 5.41) is 0. The van der Waals surface area contributed by atoms with E-state index >= 15 is 0 Å². The van der Waals surface area contributed by atoms with E-state index in [1.54, 1.807) is 4.90 Å². The van der Waals surface area contributed by atoms with Gasteiger partial charge in [0.15, 0.2) is 0 Å². The molecule has 0 bridgehead atoms. The number of nitrogens with zero attached hydrogens (tertiary/aromatic N) is 1. The van der Waals surface area contributed by atoms with E-state index in [0.717, 1.165) is 16.7 Å². The van der Waals surface area contributed by atoms with Gasteiger partial charge in [-0.2, -0.15) is 8.42 Å². The molecule has 1 fully saturated rings. The summed E-state index contributed by atoms with van der Waals surface area (Å²) in [6.45, 7) is 4.72. The Morgan fingerprint density at radius 1 is 1.30 bits per heavy atom. The second-order valence-corrected chi connectivity index (χ2v) is 6.83. The van der Waals surface area contributed by atoms with E-state index < -0.39 is 21.9 Å². The summed E-state index contributed by atoms with van der Waals surface area (Å²) >= 11 is 0. The van der Waals surface area contributed by atoms with E-state index in [1.807, 2.05) is 32.0 Å². The first kappa shape index (κ1) is 15.0. The predicted octanol–water partition coefficient (Wildman–Crippen LogP) is 1.95. The third-order valence-corrected chi connectivity index (χ3v) is 4.59. The van der Waals surface area contributed by atoms with Crippen LogP contribution < -0.4 is 0 Å². The second kappa shape index (κ2) is 5.52. The third kappa shape index (κ3) is 3.56. The number of amides is 1. The van der Waals surface area contributed by atoms with Crippen LogP contribution in [0.15, 0.2) is 18.2 Å². The maximum Gasteiger partial charge on any atom is 0.302 e. The molecule has 0 saturated carbocycles. The quantitative estimate of drug-likeness (QED) is 0.799. The van der Waals surface area contributed by atoms with Crippen LogP contribution in [0.5, 0.6) is 0 Å². The van der Waals surface area contributed by atoms with Crippen LogP contribution in [0.2, 0.25) is 0 Å². The molecular formula is C14H18FNO3S. The molecule has 20 heavy (non-hydrogen) atoms. The number of hydrogen-bond donors (Lipinski definition) is 0. The molecule has 0 aromatic heterocycles. The van der Waals surface area contributed by atoms with Crippen LogP contribution in [0.1, 0.15) is 23.1 Å². The van der Waals surface area contributed by atoms with Crippen LogP contribution in [-0.2, 0) is 21.6 Å². The first-order chi connectivity index (χ1) is 9.26. The molecule has 110 valence electrons. The van der Waals surface area contributed by atoms with Crippen molar-refractivity contribution in [3.8, 4) is 0 Å². The Morgan fingerprint density at radius 3 is 2.45 bits per heavy atom. The lowest BCUT2D eigenvalue weighted by molar-refractivity contribution is -0.128. The zero-order valence-corrected chi connectivity index (χ0v) is 12.4. The van der Waals surface area contributed by atoms with Crippen molar-refractivity contribution in [1.29, 1.82) is 0 Å². The molecule has 0 spiro atoms. The summed E-state index contributed by atoms with van der Waals surface area (Å²) in [4.78, 5) is 13.5. The number of rotatable bonds is 4. The van der Waals surface area contributed by atoms with Crippen molar-refractivity contribution in [3.05, 3.63) is 34.9 Å². The Labute approximate surface area is 118 Å². The largest absolute Gasteiger partial charge is 0.338 e. The molecule has 1 heterocycles. The number of halogens is 1. The maximum atomic E-state index is 12.7. The van der Waals surface area contributed by atoms with E-state index in [2.05, 4.69) is 0 Å². The average molecular weight is 299 g/mol. The normalized spacial score (nSPS) is 19.6. The molecule has 0 N–H and O–H groups in total. The summed E-state index contributed by atoms with van der Waals surface area (Å²) in [6.07, 6.45) is 0.105. The van der Waals surface area contributed by atoms with Gasteiger partial charge in [-0.1, -0.05) is 18.2 Å². The van der Waals surface area contributed by atoms with Crippen LogP contribution in [0.3, 0.4) is 0 Å². The summed E-state index contributed by atoms with van der Waals surface area (Å²) in [7, 11) is -4.52. The highest BCUT2D eigenvalue weighted by atomic mass is 32.3. The Morgan fingerprint density at radius 2 is 1.90 bits per heavy atom. The standard InChI is InChI=1S/C14H18FNO3S/c1-10-4-3-5-11(2)13(10)8-16-7-12(6-14(16)17)9-20(15,18)19/h3-5,12H,6-9H2,1-2H3. The Balaban J connectivity index is 2.10. The van der Waals surface area contributed by atoms with Crippen LogP contribution in [-0.4, -0.2) is 31.5 Å². The average Bonchev–Trinajstić information content (AvgIpc) is 2.62. The molecule has 1 atom stereocenters. The van der Waals surface area contributed by atoms with Crippen LogP contribution in [0.25, 0.3) is 0 Å². The lowest BCUT2D eigenvalue weighted by Crippen LogP contribution is -2.26. The van der Waals surface area contributed by atoms with Gasteiger partial charge in [-0.15, -0.1) is 3.89 Å². The Bertz CT molecular complexity index is 607. The Kier molecular flexibility index (Phi) is 4.13. The highest BCUT2D eigenvalue weighted by Gasteiger charge is 2.33. The van der Waals surface area contributed by atoms with E-state index in [-0.39, 0.29) is 12.3 Å². The number of carbonyl (C=O) groups excluding carboxylic acids is 1. The number of likely N-dealkylation sites (tertiary alicyclic amines) is 1. The molecule has 1 aromatic carbocycles. The number of carbonyl (C=O) groups is 1. The minimum absolute atomic E-state index is 0.105. The summed E-state index contributed by atoms with van der Waals surface area (Å²) in [5.41, 5.74) is 3.27. The molecule has 0 aliphatic carbocycles. The molecule has 1 aromatic rings. The van der Waals surface area contributed by atoms with Gasteiger partial charge in [0.05, 0.1) is 5.75 Å². The predicted molar refractivity (Wildman–Crippen MR) is 74.3 cm³/mol. The van der Waals surface area contributed by atoms with Crippen molar-refractivity contribution in [2.45, 2.75) is 26.8 Å². The second-order valence-electron chi connectivity index (χ2n) is 5.42. The van der Waals surface area contributed by atoms with Crippen molar-refractivity contribution in [2.24, 2.45) is 5.92 Å². The summed E-state index contributed by atoms with van der Waals surface area (Å²) in [6, 6.07) is 5.91. The molecule has 1 unspecified atom stereocenters. The SMILES string of the molecule is Cc1cccc(C)c1CN1CC(CS(=O)(=O)F)CC1=O. The molecule has 2 rings (SSSR count). The number of aryl methyl sites for hydroxylation is 2. The number of hydrogen-bond acceptors (Lipinski definition) is 3. The lowest BCUT2D eigenvalue weighted by atomic mass is 10.0. The van der Waals surface area contributed by atoms with Gasteiger partial charge in [0, 0.05) is 25.4 Å². The maximum absolute atomic E-state index is 12.7. The zero-order chi connectivity index (χ0) is 14.9. The molecule has 1 aliphatic heterocycles. The van der Waals surface area contributed by atoms with E-state index in [0.29, 0.717) is 13.1 Å². The van der Waals surface area contributed by atoms with E-state index in [4.69, 9.17) is 0 Å². The van der Waals surface area contributed by atoms with Crippen molar-refractivity contribution >= 4 is 16.1 Å². The fourth-order valence-corrected chi connectivity index (χ4v) is 3.48. The fraction of sp³-hybridized carbons (Fsp3) is 0.500. The minimum atomic E-state index is -4.52. The van der Waals surface area contributed by atoms with Crippen molar-refractivity contribution < 1.29 is 17.1 Å². The van der Waals surface area contributed by atoms with Gasteiger partial charge in [0.2, 0.25) is 5.91 Å². The van der Waals surface area contributed by atoms with E-state index in [9.17, 15) is 17.1 Å². The summed E-state index contributed by atoms with van der Waals surface area (Å²) in [5.74, 6) is -1.12. The first-order valence-corrected chi connectivity index (χ1v) is 8.06. The molecule has 1 aliphatic rings. The molecule has 0 radical (unpaired) electrons. The zero-order valence-electron chi connectivity index (χ0n) is 11.6. The van der Waals surface area contributed by atoms with Crippen LogP contribution in [0.4, 0.5) is 3.89 Å². The van der Waals surface area contributed by atoms with Crippen LogP contribution >= 0.6 is 0 Å². The van der Waals surface area contributed by atoms with Crippen molar-refractivity contribution in [1.82, 2.24) is 4.90 Å². The highest BCUT2D eigenvalue weighted by molar-refractivity contribution is 7.86.